The molecule has 0 aromatic carbocycles. The molecule has 2 aliphatic heterocycles. The fourth-order valence-electron chi connectivity index (χ4n) is 4.24. The standard InChI is InChI=1S/C19H29F3N4O/c1-24-8-10-25(11-9-24)17-6-7-26(14-15(17)3-2-12-27)18-5-4-16(13-23-18)19(20,21)22/h4-5,13,15,17,27H,2-3,6-12,14H2,1H3/t15-,17+/m1/s1. The highest BCUT2D eigenvalue weighted by atomic mass is 19.4. The van der Waals surface area contributed by atoms with Gasteiger partial charge in [-0.2, -0.15) is 13.2 Å². The van der Waals surface area contributed by atoms with E-state index in [0.717, 1.165) is 70.8 Å². The monoisotopic (exact) mass is 386 g/mol. The van der Waals surface area contributed by atoms with Gasteiger partial charge in [-0.3, -0.25) is 4.90 Å². The Hall–Kier alpha value is -1.38. The lowest BCUT2D eigenvalue weighted by atomic mass is 9.86. The van der Waals surface area contributed by atoms with E-state index < -0.39 is 11.7 Å². The number of likely N-dealkylation sites (N-methyl/N-ethyl adjacent to an activating group) is 1. The SMILES string of the molecule is CN1CCN([C@H]2CCN(c3ccc(C(F)(F)F)cn3)C[C@H]2CCCO)CC1. The number of alkyl halides is 3. The number of anilines is 1. The van der Waals surface area contributed by atoms with Crippen LogP contribution in [-0.2, 0) is 6.18 Å². The van der Waals surface area contributed by atoms with E-state index in [2.05, 4.69) is 26.7 Å². The lowest BCUT2D eigenvalue weighted by molar-refractivity contribution is -0.137. The molecular weight excluding hydrogens is 357 g/mol. The molecule has 0 radical (unpaired) electrons. The van der Waals surface area contributed by atoms with Gasteiger partial charge in [-0.05, 0) is 44.4 Å². The molecule has 2 atom stereocenters. The summed E-state index contributed by atoms with van der Waals surface area (Å²) < 4.78 is 38.3. The maximum Gasteiger partial charge on any atom is 0.417 e. The number of nitrogens with zero attached hydrogens (tertiary/aromatic N) is 4. The highest BCUT2D eigenvalue weighted by Gasteiger charge is 2.35. The number of aromatic nitrogens is 1. The molecular formula is C19H29F3N4O. The van der Waals surface area contributed by atoms with Crippen LogP contribution in [0.3, 0.4) is 0 Å². The van der Waals surface area contributed by atoms with Gasteiger partial charge in [0.25, 0.3) is 0 Å². The first kappa shape index (κ1) is 20.4. The number of piperidine rings is 1. The molecule has 0 amide bonds. The quantitative estimate of drug-likeness (QED) is 0.841. The van der Waals surface area contributed by atoms with Gasteiger partial charge in [-0.15, -0.1) is 0 Å². The van der Waals surface area contributed by atoms with E-state index in [9.17, 15) is 18.3 Å². The van der Waals surface area contributed by atoms with Crippen molar-refractivity contribution < 1.29 is 18.3 Å². The van der Waals surface area contributed by atoms with Gasteiger partial charge in [-0.25, -0.2) is 4.98 Å². The highest BCUT2D eigenvalue weighted by molar-refractivity contribution is 5.40. The molecule has 0 unspecified atom stereocenters. The number of hydrogen-bond donors (Lipinski definition) is 1. The summed E-state index contributed by atoms with van der Waals surface area (Å²) in [6.45, 7) is 5.97. The molecule has 1 aromatic heterocycles. The Kier molecular flexibility index (Phi) is 6.60. The highest BCUT2D eigenvalue weighted by Crippen LogP contribution is 2.32. The van der Waals surface area contributed by atoms with Crippen molar-refractivity contribution in [1.29, 1.82) is 0 Å². The minimum atomic E-state index is -4.36. The molecule has 2 aliphatic rings. The summed E-state index contributed by atoms with van der Waals surface area (Å²) in [5.41, 5.74) is -0.713. The third kappa shape index (κ3) is 5.12. The van der Waals surface area contributed by atoms with Crippen LogP contribution < -0.4 is 4.90 Å². The Morgan fingerprint density at radius 2 is 1.89 bits per heavy atom. The Bertz CT molecular complexity index is 588. The minimum Gasteiger partial charge on any atom is -0.396 e. The summed E-state index contributed by atoms with van der Waals surface area (Å²) in [6.07, 6.45) is -0.787. The van der Waals surface area contributed by atoms with E-state index >= 15 is 0 Å². The molecule has 27 heavy (non-hydrogen) atoms. The minimum absolute atomic E-state index is 0.171. The van der Waals surface area contributed by atoms with Crippen LogP contribution in [0.1, 0.15) is 24.8 Å². The first-order valence-electron chi connectivity index (χ1n) is 9.70. The maximum absolute atomic E-state index is 12.8. The van der Waals surface area contributed by atoms with Gasteiger partial charge in [0.2, 0.25) is 0 Å². The van der Waals surface area contributed by atoms with Crippen molar-refractivity contribution in [2.75, 3.05) is 57.8 Å². The topological polar surface area (TPSA) is 42.8 Å². The zero-order valence-corrected chi connectivity index (χ0v) is 15.8. The van der Waals surface area contributed by atoms with E-state index in [1.54, 1.807) is 0 Å². The maximum atomic E-state index is 12.8. The van der Waals surface area contributed by atoms with Gasteiger partial charge < -0.3 is 14.9 Å². The van der Waals surface area contributed by atoms with Gasteiger partial charge in [0.15, 0.2) is 0 Å². The lowest BCUT2D eigenvalue weighted by Gasteiger charge is -2.46. The number of pyridine rings is 1. The fourth-order valence-corrected chi connectivity index (χ4v) is 4.24. The number of rotatable bonds is 5. The molecule has 2 fully saturated rings. The van der Waals surface area contributed by atoms with Gasteiger partial charge in [-0.1, -0.05) is 0 Å². The molecule has 0 aliphatic carbocycles. The second-order valence-corrected chi connectivity index (χ2v) is 7.67. The Morgan fingerprint density at radius 3 is 2.48 bits per heavy atom. The molecule has 8 heteroatoms. The summed E-state index contributed by atoms with van der Waals surface area (Å²) in [5.74, 6) is 0.993. The predicted octanol–water partition coefficient (Wildman–Crippen LogP) is 2.32. The molecule has 0 bridgehead atoms. The first-order valence-corrected chi connectivity index (χ1v) is 9.70. The Labute approximate surface area is 158 Å². The van der Waals surface area contributed by atoms with Gasteiger partial charge in [0.1, 0.15) is 5.82 Å². The second-order valence-electron chi connectivity index (χ2n) is 7.67. The zero-order valence-electron chi connectivity index (χ0n) is 15.8. The van der Waals surface area contributed by atoms with Crippen molar-refractivity contribution in [3.63, 3.8) is 0 Å². The first-order chi connectivity index (χ1) is 12.9. The molecule has 152 valence electrons. The van der Waals surface area contributed by atoms with Crippen LogP contribution >= 0.6 is 0 Å². The molecule has 5 nitrogen and oxygen atoms in total. The van der Waals surface area contributed by atoms with Crippen molar-refractivity contribution in [3.05, 3.63) is 23.9 Å². The van der Waals surface area contributed by atoms with Crippen LogP contribution in [0.25, 0.3) is 0 Å². The van der Waals surface area contributed by atoms with Crippen molar-refractivity contribution in [1.82, 2.24) is 14.8 Å². The molecule has 0 saturated carbocycles. The summed E-state index contributed by atoms with van der Waals surface area (Å²) in [5, 5.41) is 9.27. The zero-order chi connectivity index (χ0) is 19.4. The van der Waals surface area contributed by atoms with Crippen LogP contribution in [0.4, 0.5) is 19.0 Å². The molecule has 3 heterocycles. The second kappa shape index (κ2) is 8.75. The average molecular weight is 386 g/mol. The third-order valence-electron chi connectivity index (χ3n) is 5.83. The Morgan fingerprint density at radius 1 is 1.15 bits per heavy atom. The third-order valence-corrected chi connectivity index (χ3v) is 5.83. The van der Waals surface area contributed by atoms with Crippen LogP contribution in [0.15, 0.2) is 18.3 Å². The van der Waals surface area contributed by atoms with Gasteiger partial charge >= 0.3 is 6.18 Å². The molecule has 0 spiro atoms. The largest absolute Gasteiger partial charge is 0.417 e. The van der Waals surface area contributed by atoms with Gasteiger partial charge in [0.05, 0.1) is 5.56 Å². The van der Waals surface area contributed by atoms with Crippen molar-refractivity contribution in [2.45, 2.75) is 31.5 Å². The van der Waals surface area contributed by atoms with Crippen molar-refractivity contribution >= 4 is 5.82 Å². The van der Waals surface area contributed by atoms with E-state index in [1.165, 1.54) is 6.07 Å². The van der Waals surface area contributed by atoms with E-state index in [-0.39, 0.29) is 6.61 Å². The molecule has 2 saturated heterocycles. The number of hydrogen-bond acceptors (Lipinski definition) is 5. The number of aliphatic hydroxyl groups excluding tert-OH is 1. The van der Waals surface area contributed by atoms with E-state index in [0.29, 0.717) is 17.8 Å². The molecule has 3 rings (SSSR count). The number of aliphatic hydroxyl groups is 1. The van der Waals surface area contributed by atoms with E-state index in [4.69, 9.17) is 0 Å². The molecule has 1 aromatic rings. The Balaban J connectivity index is 1.68. The van der Waals surface area contributed by atoms with Crippen LogP contribution in [0, 0.1) is 5.92 Å². The van der Waals surface area contributed by atoms with Crippen molar-refractivity contribution in [3.8, 4) is 0 Å². The fraction of sp³-hybridized carbons (Fsp3) is 0.737. The normalized spacial score (nSPS) is 25.7. The van der Waals surface area contributed by atoms with Crippen LogP contribution in [-0.4, -0.2) is 78.9 Å². The smallest absolute Gasteiger partial charge is 0.396 e. The summed E-state index contributed by atoms with van der Waals surface area (Å²) in [7, 11) is 2.14. The number of piperazine rings is 1. The van der Waals surface area contributed by atoms with Crippen molar-refractivity contribution in [2.24, 2.45) is 5.92 Å². The predicted molar refractivity (Wildman–Crippen MR) is 98.7 cm³/mol. The summed E-state index contributed by atoms with van der Waals surface area (Å²) >= 11 is 0. The lowest BCUT2D eigenvalue weighted by Crippen LogP contribution is -2.56. The van der Waals surface area contributed by atoms with Crippen LogP contribution in [0.5, 0.6) is 0 Å². The van der Waals surface area contributed by atoms with Gasteiger partial charge in [0, 0.05) is 58.1 Å². The van der Waals surface area contributed by atoms with Crippen LogP contribution in [0.2, 0.25) is 0 Å². The summed E-state index contributed by atoms with van der Waals surface area (Å²) in [6, 6.07) is 3.05. The van der Waals surface area contributed by atoms with E-state index in [1.807, 2.05) is 0 Å². The number of halogens is 3. The summed E-state index contributed by atoms with van der Waals surface area (Å²) in [4.78, 5) is 11.0. The molecule has 1 N–H and O–H groups in total. The average Bonchev–Trinajstić information content (AvgIpc) is 2.66.